The van der Waals surface area contributed by atoms with E-state index >= 15 is 0 Å². The van der Waals surface area contributed by atoms with Gasteiger partial charge in [0.2, 0.25) is 11.8 Å². The van der Waals surface area contributed by atoms with E-state index in [1.165, 1.54) is 34.7 Å². The van der Waals surface area contributed by atoms with Crippen molar-refractivity contribution in [2.75, 3.05) is 7.05 Å². The number of likely N-dealkylation sites (N-methyl/N-ethyl adjacent to an activating group) is 1. The molecule has 27 heavy (non-hydrogen) atoms. The van der Waals surface area contributed by atoms with Gasteiger partial charge in [0, 0.05) is 19.2 Å². The fourth-order valence-electron chi connectivity index (χ4n) is 2.61. The van der Waals surface area contributed by atoms with Crippen LogP contribution in [0.1, 0.15) is 18.1 Å². The molecule has 0 N–H and O–H groups in total. The van der Waals surface area contributed by atoms with Crippen LogP contribution in [0.5, 0.6) is 0 Å². The summed E-state index contributed by atoms with van der Waals surface area (Å²) in [6.45, 7) is 2.29. The molecule has 0 bridgehead atoms. The molecule has 0 aliphatic rings. The molecule has 1 heterocycles. The molecular weight excluding hydrogens is 349 g/mol. The number of amides is 1. The number of carbonyl (C=O) groups is 1. The van der Waals surface area contributed by atoms with Gasteiger partial charge >= 0.3 is 5.76 Å². The quantitative estimate of drug-likeness (QED) is 0.670. The molecule has 0 atom stereocenters. The Bertz CT molecular complexity index is 975. The highest BCUT2D eigenvalue weighted by molar-refractivity contribution is 5.75. The van der Waals surface area contributed by atoms with E-state index in [1.54, 1.807) is 7.05 Å². The van der Waals surface area contributed by atoms with E-state index in [0.717, 1.165) is 16.7 Å². The molecule has 3 rings (SSSR count). The summed E-state index contributed by atoms with van der Waals surface area (Å²) in [6, 6.07) is 13.4. The number of aryl methyl sites for hydroxylation is 1. The number of hydrogen-bond acceptors (Lipinski definition) is 4. The fourth-order valence-corrected chi connectivity index (χ4v) is 2.61. The topological polar surface area (TPSA) is 68.3 Å². The number of aromatic nitrogens is 2. The van der Waals surface area contributed by atoms with Crippen LogP contribution in [-0.4, -0.2) is 27.6 Å². The van der Waals surface area contributed by atoms with Crippen molar-refractivity contribution in [2.45, 2.75) is 26.4 Å². The maximum Gasteiger partial charge on any atom is 0.437 e. The lowest BCUT2D eigenvalue weighted by molar-refractivity contribution is -0.131. The Morgan fingerprint density at radius 1 is 1.11 bits per heavy atom. The number of rotatable bonds is 6. The van der Waals surface area contributed by atoms with E-state index in [-0.39, 0.29) is 18.3 Å². The summed E-state index contributed by atoms with van der Waals surface area (Å²) in [7, 11) is 1.67. The molecule has 0 fully saturated rings. The van der Waals surface area contributed by atoms with Gasteiger partial charge in [0.15, 0.2) is 0 Å². The number of benzene rings is 2. The van der Waals surface area contributed by atoms with Gasteiger partial charge in [-0.05, 0) is 41.8 Å². The maximum absolute atomic E-state index is 13.0. The molecule has 3 aromatic rings. The Balaban J connectivity index is 1.67. The molecule has 0 aliphatic carbocycles. The van der Waals surface area contributed by atoms with Crippen molar-refractivity contribution in [3.8, 4) is 11.5 Å². The third kappa shape index (κ3) is 4.49. The number of halogens is 1. The average Bonchev–Trinajstić information content (AvgIpc) is 3.03. The SMILES string of the molecule is CCc1ccc(CN(C)C(=O)Cn2nc(-c3ccc(F)cc3)oc2=O)cc1. The second-order valence-corrected chi connectivity index (χ2v) is 6.26. The molecule has 1 amide bonds. The van der Waals surface area contributed by atoms with Crippen molar-refractivity contribution in [3.05, 3.63) is 76.0 Å². The number of carbonyl (C=O) groups excluding carboxylic acids is 1. The van der Waals surface area contributed by atoms with Gasteiger partial charge in [-0.2, -0.15) is 4.68 Å². The molecule has 2 aromatic carbocycles. The van der Waals surface area contributed by atoms with Crippen molar-refractivity contribution in [1.29, 1.82) is 0 Å². The van der Waals surface area contributed by atoms with Gasteiger partial charge in [0.25, 0.3) is 0 Å². The molecule has 6 nitrogen and oxygen atoms in total. The molecule has 0 aliphatic heterocycles. The lowest BCUT2D eigenvalue weighted by Crippen LogP contribution is -2.33. The summed E-state index contributed by atoms with van der Waals surface area (Å²) in [5, 5.41) is 4.03. The maximum atomic E-state index is 13.0. The average molecular weight is 369 g/mol. The van der Waals surface area contributed by atoms with E-state index in [0.29, 0.717) is 12.1 Å². The molecule has 0 saturated carbocycles. The minimum Gasteiger partial charge on any atom is -0.388 e. The van der Waals surface area contributed by atoms with Crippen LogP contribution in [0.4, 0.5) is 4.39 Å². The zero-order valence-electron chi connectivity index (χ0n) is 15.2. The van der Waals surface area contributed by atoms with Crippen molar-refractivity contribution in [1.82, 2.24) is 14.7 Å². The first-order valence-electron chi connectivity index (χ1n) is 8.62. The minimum absolute atomic E-state index is 0.0469. The molecule has 1 aromatic heterocycles. The Morgan fingerprint density at radius 3 is 2.37 bits per heavy atom. The summed E-state index contributed by atoms with van der Waals surface area (Å²) in [4.78, 5) is 25.9. The van der Waals surface area contributed by atoms with Gasteiger partial charge in [-0.3, -0.25) is 4.79 Å². The van der Waals surface area contributed by atoms with Crippen molar-refractivity contribution in [2.24, 2.45) is 0 Å². The van der Waals surface area contributed by atoms with E-state index < -0.39 is 11.6 Å². The normalized spacial score (nSPS) is 10.8. The van der Waals surface area contributed by atoms with E-state index in [9.17, 15) is 14.0 Å². The summed E-state index contributed by atoms with van der Waals surface area (Å²) < 4.78 is 19.0. The largest absolute Gasteiger partial charge is 0.437 e. The summed E-state index contributed by atoms with van der Waals surface area (Å²) in [5.74, 6) is -1.35. The third-order valence-corrected chi connectivity index (χ3v) is 4.26. The molecule has 0 radical (unpaired) electrons. The number of hydrogen-bond donors (Lipinski definition) is 0. The van der Waals surface area contributed by atoms with Gasteiger partial charge in [-0.15, -0.1) is 5.10 Å². The highest BCUT2D eigenvalue weighted by Gasteiger charge is 2.16. The van der Waals surface area contributed by atoms with Crippen LogP contribution < -0.4 is 5.76 Å². The first-order valence-corrected chi connectivity index (χ1v) is 8.62. The molecular formula is C20H20FN3O3. The fraction of sp³-hybridized carbons (Fsp3) is 0.250. The van der Waals surface area contributed by atoms with E-state index in [4.69, 9.17) is 4.42 Å². The van der Waals surface area contributed by atoms with Gasteiger partial charge in [-0.25, -0.2) is 9.18 Å². The Kier molecular flexibility index (Phi) is 5.49. The van der Waals surface area contributed by atoms with Gasteiger partial charge in [0.1, 0.15) is 12.4 Å². The second kappa shape index (κ2) is 7.99. The van der Waals surface area contributed by atoms with Crippen LogP contribution in [-0.2, 0) is 24.3 Å². The summed E-state index contributed by atoms with van der Waals surface area (Å²) in [5.41, 5.74) is 2.70. The summed E-state index contributed by atoms with van der Waals surface area (Å²) in [6.07, 6.45) is 0.959. The lowest BCUT2D eigenvalue weighted by Gasteiger charge is -2.17. The van der Waals surface area contributed by atoms with Crippen LogP contribution in [0.25, 0.3) is 11.5 Å². The Labute approximate surface area is 155 Å². The molecule has 0 saturated heterocycles. The molecule has 0 unspecified atom stereocenters. The van der Waals surface area contributed by atoms with Crippen LogP contribution in [0.3, 0.4) is 0 Å². The summed E-state index contributed by atoms with van der Waals surface area (Å²) >= 11 is 0. The van der Waals surface area contributed by atoms with Crippen LogP contribution >= 0.6 is 0 Å². The van der Waals surface area contributed by atoms with Crippen molar-refractivity contribution >= 4 is 5.91 Å². The van der Waals surface area contributed by atoms with Gasteiger partial charge in [0.05, 0.1) is 0 Å². The first-order chi connectivity index (χ1) is 13.0. The number of nitrogens with zero attached hydrogens (tertiary/aromatic N) is 3. The van der Waals surface area contributed by atoms with Crippen LogP contribution in [0.2, 0.25) is 0 Å². The Morgan fingerprint density at radius 2 is 1.74 bits per heavy atom. The van der Waals surface area contributed by atoms with Crippen LogP contribution in [0.15, 0.2) is 57.7 Å². The van der Waals surface area contributed by atoms with Crippen molar-refractivity contribution in [3.63, 3.8) is 0 Å². The highest BCUT2D eigenvalue weighted by atomic mass is 19.1. The monoisotopic (exact) mass is 369 g/mol. The standard InChI is InChI=1S/C20H20FN3O3/c1-3-14-4-6-15(7-5-14)12-23(2)18(25)13-24-20(26)27-19(22-24)16-8-10-17(21)11-9-16/h4-11H,3,12-13H2,1-2H3. The smallest absolute Gasteiger partial charge is 0.388 e. The zero-order chi connectivity index (χ0) is 19.4. The van der Waals surface area contributed by atoms with Gasteiger partial charge < -0.3 is 9.32 Å². The lowest BCUT2D eigenvalue weighted by atomic mass is 10.1. The van der Waals surface area contributed by atoms with Crippen LogP contribution in [0, 0.1) is 5.82 Å². The zero-order valence-corrected chi connectivity index (χ0v) is 15.2. The predicted octanol–water partition coefficient (Wildman–Crippen LogP) is 2.86. The van der Waals surface area contributed by atoms with Crippen molar-refractivity contribution < 1.29 is 13.6 Å². The van der Waals surface area contributed by atoms with Gasteiger partial charge in [-0.1, -0.05) is 31.2 Å². The first kappa shape index (κ1) is 18.6. The minimum atomic E-state index is -0.733. The second-order valence-electron chi connectivity index (χ2n) is 6.26. The third-order valence-electron chi connectivity index (χ3n) is 4.26. The molecule has 0 spiro atoms. The molecule has 7 heteroatoms. The molecule has 140 valence electrons. The van der Waals surface area contributed by atoms with E-state index in [1.807, 2.05) is 24.3 Å². The van der Waals surface area contributed by atoms with E-state index in [2.05, 4.69) is 12.0 Å². The Hall–Kier alpha value is -3.22. The highest BCUT2D eigenvalue weighted by Crippen LogP contribution is 2.15. The predicted molar refractivity (Wildman–Crippen MR) is 98.5 cm³/mol.